The van der Waals surface area contributed by atoms with Crippen LogP contribution in [0.15, 0.2) is 59.5 Å². The largest absolute Gasteiger partial charge is 0.497 e. The molecule has 0 saturated carbocycles. The minimum absolute atomic E-state index is 0.0161. The highest BCUT2D eigenvalue weighted by Crippen LogP contribution is 2.40. The lowest BCUT2D eigenvalue weighted by molar-refractivity contribution is -0.141. The summed E-state index contributed by atoms with van der Waals surface area (Å²) in [5.74, 6) is 0.478. The highest BCUT2D eigenvalue weighted by molar-refractivity contribution is 7.89. The number of anilines is 1. The first-order valence-electron chi connectivity index (χ1n) is 12.9. The van der Waals surface area contributed by atoms with E-state index in [1.807, 2.05) is 35.2 Å². The number of hydrogen-bond donors (Lipinski definition) is 0. The van der Waals surface area contributed by atoms with Gasteiger partial charge in [0.25, 0.3) is 0 Å². The molecule has 3 saturated heterocycles. The molecule has 10 heteroatoms. The summed E-state index contributed by atoms with van der Waals surface area (Å²) in [5, 5.41) is 0. The summed E-state index contributed by atoms with van der Waals surface area (Å²) in [6, 6.07) is 16.1. The van der Waals surface area contributed by atoms with Crippen LogP contribution in [0, 0.1) is 0 Å². The zero-order valence-corrected chi connectivity index (χ0v) is 22.0. The van der Waals surface area contributed by atoms with Crippen LogP contribution in [0.5, 0.6) is 5.75 Å². The second-order valence-corrected chi connectivity index (χ2v) is 11.9. The fraction of sp³-hybridized carbons (Fsp3) is 0.481. The Labute approximate surface area is 218 Å². The average molecular weight is 527 g/mol. The molecule has 3 aliphatic heterocycles. The molecule has 0 radical (unpaired) electrons. The highest BCUT2D eigenvalue weighted by atomic mass is 32.2. The number of likely N-dealkylation sites (tertiary alicyclic amines) is 1. The van der Waals surface area contributed by atoms with Crippen LogP contribution in [-0.4, -0.2) is 86.4 Å². The number of ether oxygens (including phenoxy) is 1. The summed E-state index contributed by atoms with van der Waals surface area (Å²) in [6.45, 7) is 2.29. The van der Waals surface area contributed by atoms with E-state index in [4.69, 9.17) is 4.74 Å². The van der Waals surface area contributed by atoms with Gasteiger partial charge in [-0.05, 0) is 68.5 Å². The molecule has 37 heavy (non-hydrogen) atoms. The van der Waals surface area contributed by atoms with E-state index in [9.17, 15) is 18.0 Å². The molecule has 5 rings (SSSR count). The van der Waals surface area contributed by atoms with Gasteiger partial charge in [-0.25, -0.2) is 8.42 Å². The van der Waals surface area contributed by atoms with Crippen LogP contribution >= 0.6 is 0 Å². The van der Waals surface area contributed by atoms with Crippen LogP contribution in [-0.2, 0) is 19.6 Å². The highest BCUT2D eigenvalue weighted by Gasteiger charge is 2.55. The van der Waals surface area contributed by atoms with Gasteiger partial charge in [-0.15, -0.1) is 0 Å². The third-order valence-corrected chi connectivity index (χ3v) is 9.78. The minimum atomic E-state index is -3.71. The predicted molar refractivity (Wildman–Crippen MR) is 140 cm³/mol. The number of nitrogens with zero attached hydrogens (tertiary/aromatic N) is 4. The van der Waals surface area contributed by atoms with Gasteiger partial charge in [-0.1, -0.05) is 18.2 Å². The SMILES string of the molecule is COc1ccc(S(=O)(=O)N2CCC3(CC2)C(=O)N(CC(=O)N2CCCCC2)CN3c2ccccc2)cc1. The number of piperidine rings is 2. The van der Waals surface area contributed by atoms with E-state index in [2.05, 4.69) is 4.90 Å². The second kappa shape index (κ2) is 10.3. The monoisotopic (exact) mass is 526 g/mol. The quantitative estimate of drug-likeness (QED) is 0.575. The molecule has 0 atom stereocenters. The van der Waals surface area contributed by atoms with Gasteiger partial charge in [0.15, 0.2) is 0 Å². The van der Waals surface area contributed by atoms with Gasteiger partial charge in [-0.3, -0.25) is 9.59 Å². The van der Waals surface area contributed by atoms with Crippen molar-refractivity contribution in [3.8, 4) is 5.75 Å². The number of hydrogen-bond acceptors (Lipinski definition) is 6. The number of methoxy groups -OCH3 is 1. The van der Waals surface area contributed by atoms with Gasteiger partial charge in [0, 0.05) is 31.9 Å². The molecular formula is C27H34N4O5S. The smallest absolute Gasteiger partial charge is 0.250 e. The van der Waals surface area contributed by atoms with Crippen molar-refractivity contribution < 1.29 is 22.7 Å². The first kappa shape index (κ1) is 25.5. The molecule has 1 spiro atoms. The molecule has 2 amide bonds. The van der Waals surface area contributed by atoms with Crippen LogP contribution < -0.4 is 9.64 Å². The number of carbonyl (C=O) groups is 2. The molecule has 3 fully saturated rings. The normalized spacial score (nSPS) is 20.5. The molecule has 9 nitrogen and oxygen atoms in total. The Balaban J connectivity index is 1.36. The van der Waals surface area contributed by atoms with E-state index in [1.165, 1.54) is 11.4 Å². The van der Waals surface area contributed by atoms with E-state index >= 15 is 0 Å². The maximum Gasteiger partial charge on any atom is 0.250 e. The fourth-order valence-corrected chi connectivity index (χ4v) is 7.16. The maximum atomic E-state index is 13.9. The third-order valence-electron chi connectivity index (χ3n) is 7.86. The summed E-state index contributed by atoms with van der Waals surface area (Å²) in [5.41, 5.74) is 0.0189. The molecule has 3 aliphatic rings. The van der Waals surface area contributed by atoms with Gasteiger partial charge >= 0.3 is 0 Å². The Morgan fingerprint density at radius 2 is 1.57 bits per heavy atom. The Morgan fingerprint density at radius 3 is 2.19 bits per heavy atom. The van der Waals surface area contributed by atoms with Crippen molar-refractivity contribution in [1.29, 1.82) is 0 Å². The Hall–Kier alpha value is -3.11. The number of benzene rings is 2. The first-order valence-corrected chi connectivity index (χ1v) is 14.3. The number of rotatable bonds is 6. The summed E-state index contributed by atoms with van der Waals surface area (Å²) in [6.07, 6.45) is 3.83. The van der Waals surface area contributed by atoms with Crippen LogP contribution in [0.25, 0.3) is 0 Å². The lowest BCUT2D eigenvalue weighted by atomic mass is 9.86. The second-order valence-electron chi connectivity index (χ2n) is 9.96. The van der Waals surface area contributed by atoms with E-state index < -0.39 is 15.6 Å². The fourth-order valence-electron chi connectivity index (χ4n) is 5.72. The van der Waals surface area contributed by atoms with Gasteiger partial charge < -0.3 is 19.4 Å². The van der Waals surface area contributed by atoms with Crippen LogP contribution in [0.1, 0.15) is 32.1 Å². The Kier molecular flexibility index (Phi) is 7.13. The van der Waals surface area contributed by atoms with E-state index in [1.54, 1.807) is 29.2 Å². The van der Waals surface area contributed by atoms with Crippen LogP contribution in [0.4, 0.5) is 5.69 Å². The van der Waals surface area contributed by atoms with Gasteiger partial charge in [0.05, 0.1) is 18.7 Å². The summed E-state index contributed by atoms with van der Waals surface area (Å²) in [7, 11) is -2.17. The van der Waals surface area contributed by atoms with Gasteiger partial charge in [-0.2, -0.15) is 4.31 Å². The Morgan fingerprint density at radius 1 is 0.919 bits per heavy atom. The number of carbonyl (C=O) groups excluding carboxylic acids is 2. The molecule has 0 aromatic heterocycles. The van der Waals surface area contributed by atoms with Gasteiger partial charge in [0.1, 0.15) is 17.8 Å². The standard InChI is InChI=1S/C27H34N4O5S/c1-36-23-10-12-24(13-11-23)37(34,35)30-18-14-27(15-19-30)26(33)29(20-25(32)28-16-6-3-7-17-28)21-31(27)22-8-4-2-5-9-22/h2,4-5,8-13H,3,6-7,14-21H2,1H3. The number of para-hydroxylation sites is 1. The van der Waals surface area contributed by atoms with Crippen LogP contribution in [0.3, 0.4) is 0 Å². The molecular weight excluding hydrogens is 492 g/mol. The molecule has 198 valence electrons. The lowest BCUT2D eigenvalue weighted by Crippen LogP contribution is -2.57. The molecule has 2 aromatic carbocycles. The van der Waals surface area contributed by atoms with E-state index in [0.29, 0.717) is 25.3 Å². The molecule has 0 aliphatic carbocycles. The first-order chi connectivity index (χ1) is 17.8. The average Bonchev–Trinajstić information content (AvgIpc) is 3.20. The maximum absolute atomic E-state index is 13.9. The van der Waals surface area contributed by atoms with E-state index in [-0.39, 0.29) is 36.3 Å². The van der Waals surface area contributed by atoms with Crippen molar-refractivity contribution in [2.24, 2.45) is 0 Å². The molecule has 0 bridgehead atoms. The summed E-state index contributed by atoms with van der Waals surface area (Å²) >= 11 is 0. The van der Waals surface area contributed by atoms with Crippen molar-refractivity contribution >= 4 is 27.5 Å². The zero-order chi connectivity index (χ0) is 26.0. The zero-order valence-electron chi connectivity index (χ0n) is 21.2. The van der Waals surface area contributed by atoms with E-state index in [0.717, 1.165) is 38.0 Å². The summed E-state index contributed by atoms with van der Waals surface area (Å²) < 4.78 is 33.3. The third kappa shape index (κ3) is 4.80. The molecule has 2 aromatic rings. The van der Waals surface area contributed by atoms with Crippen molar-refractivity contribution in [3.63, 3.8) is 0 Å². The van der Waals surface area contributed by atoms with Crippen molar-refractivity contribution in [2.45, 2.75) is 42.5 Å². The van der Waals surface area contributed by atoms with Crippen LogP contribution in [0.2, 0.25) is 0 Å². The minimum Gasteiger partial charge on any atom is -0.497 e. The topological polar surface area (TPSA) is 90.5 Å². The molecule has 3 heterocycles. The predicted octanol–water partition coefficient (Wildman–Crippen LogP) is 2.54. The molecule has 0 unspecified atom stereocenters. The van der Waals surface area contributed by atoms with Crippen molar-refractivity contribution in [2.75, 3.05) is 51.4 Å². The summed E-state index contributed by atoms with van der Waals surface area (Å²) in [4.78, 5) is 32.7. The van der Waals surface area contributed by atoms with Crippen molar-refractivity contribution in [3.05, 3.63) is 54.6 Å². The van der Waals surface area contributed by atoms with Crippen molar-refractivity contribution in [1.82, 2.24) is 14.1 Å². The van der Waals surface area contributed by atoms with Gasteiger partial charge in [0.2, 0.25) is 21.8 Å². The Bertz CT molecular complexity index is 1220. The molecule has 0 N–H and O–H groups in total. The lowest BCUT2D eigenvalue weighted by Gasteiger charge is -2.42. The number of amides is 2. The number of sulfonamides is 1.